The number of halogens is 1. The van der Waals surface area contributed by atoms with E-state index in [4.69, 9.17) is 11.6 Å². The molecular formula is C4H9ClN3O3+. The molecule has 0 aromatic rings. The van der Waals surface area contributed by atoms with E-state index in [0.29, 0.717) is 0 Å². The van der Waals surface area contributed by atoms with E-state index in [1.165, 1.54) is 0 Å². The summed E-state index contributed by atoms with van der Waals surface area (Å²) in [6.45, 7) is 0.240. The minimum atomic E-state index is -0.315. The highest BCUT2D eigenvalue weighted by Crippen LogP contribution is 1.74. The van der Waals surface area contributed by atoms with Crippen molar-refractivity contribution in [3.8, 4) is 0 Å². The zero-order valence-electron chi connectivity index (χ0n) is 5.75. The van der Waals surface area contributed by atoms with Crippen LogP contribution in [-0.4, -0.2) is 30.0 Å². The Morgan fingerprint density at radius 1 is 1.73 bits per heavy atom. The monoisotopic (exact) mass is 182 g/mol. The van der Waals surface area contributed by atoms with Crippen molar-refractivity contribution in [2.45, 2.75) is 0 Å². The lowest BCUT2D eigenvalue weighted by molar-refractivity contribution is -0.812. The number of rotatable bonds is 5. The quantitative estimate of drug-likeness (QED) is 0.245. The average molecular weight is 183 g/mol. The molecule has 0 saturated heterocycles. The summed E-state index contributed by atoms with van der Waals surface area (Å²) in [5.74, 6) is 4.14. The summed E-state index contributed by atoms with van der Waals surface area (Å²) in [7, 11) is 0. The van der Waals surface area contributed by atoms with Gasteiger partial charge in [0.1, 0.15) is 10.8 Å². The predicted molar refractivity (Wildman–Crippen MR) is 37.5 cm³/mol. The minimum absolute atomic E-state index is 0.0304. The third-order valence-electron chi connectivity index (χ3n) is 0.764. The van der Waals surface area contributed by atoms with Gasteiger partial charge in [-0.1, -0.05) is 0 Å². The molecule has 0 unspecified atom stereocenters. The van der Waals surface area contributed by atoms with Gasteiger partial charge in [-0.2, -0.15) is 0 Å². The van der Waals surface area contributed by atoms with E-state index in [2.05, 4.69) is 16.0 Å². The van der Waals surface area contributed by atoms with Gasteiger partial charge in [-0.25, -0.2) is 4.84 Å². The first-order valence-electron chi connectivity index (χ1n) is 2.84. The number of amides is 1. The van der Waals surface area contributed by atoms with E-state index in [0.717, 1.165) is 0 Å². The molecule has 0 aliphatic rings. The normalized spacial score (nSPS) is 8.82. The fourth-order valence-corrected chi connectivity index (χ4v) is 0.468. The molecule has 3 N–H and O–H groups in total. The standard InChI is InChI=1S/C4H8ClN3O3/c5-3-4(9)7-1-2-11-8(6)10/h1-3H2,(H2-,6,7,9,10)/p+1. The Bertz CT molecular complexity index is 152. The molecule has 0 fully saturated rings. The summed E-state index contributed by atoms with van der Waals surface area (Å²) in [5, 5.41) is 2.20. The van der Waals surface area contributed by atoms with Crippen LogP contribution in [0.4, 0.5) is 0 Å². The Hall–Kier alpha value is -1.04. The maximum absolute atomic E-state index is 10.4. The van der Waals surface area contributed by atoms with Crippen molar-refractivity contribution in [3.63, 3.8) is 0 Å². The van der Waals surface area contributed by atoms with Gasteiger partial charge in [0.2, 0.25) is 5.91 Å². The molecular weight excluding hydrogens is 174 g/mol. The molecule has 0 atom stereocenters. The molecule has 64 valence electrons. The highest BCUT2D eigenvalue weighted by molar-refractivity contribution is 6.27. The van der Waals surface area contributed by atoms with E-state index in [9.17, 15) is 9.70 Å². The molecule has 6 nitrogen and oxygen atoms in total. The maximum atomic E-state index is 10.4. The van der Waals surface area contributed by atoms with E-state index in [1.807, 2.05) is 0 Å². The number of alkyl halides is 1. The van der Waals surface area contributed by atoms with Gasteiger partial charge in [0.25, 0.3) is 0 Å². The highest BCUT2D eigenvalue weighted by Gasteiger charge is 2.01. The molecule has 0 rings (SSSR count). The van der Waals surface area contributed by atoms with E-state index >= 15 is 0 Å². The van der Waals surface area contributed by atoms with Crippen LogP contribution in [0.3, 0.4) is 0 Å². The molecule has 0 aromatic carbocycles. The molecule has 11 heavy (non-hydrogen) atoms. The van der Waals surface area contributed by atoms with Crippen molar-refractivity contribution in [2.75, 3.05) is 19.0 Å². The molecule has 0 heterocycles. The first-order valence-corrected chi connectivity index (χ1v) is 3.38. The van der Waals surface area contributed by atoms with E-state index in [-0.39, 0.29) is 30.0 Å². The van der Waals surface area contributed by atoms with Crippen molar-refractivity contribution in [1.82, 2.24) is 5.32 Å². The van der Waals surface area contributed by atoms with Crippen molar-refractivity contribution in [2.24, 2.45) is 5.84 Å². The third kappa shape index (κ3) is 6.85. The van der Waals surface area contributed by atoms with Crippen molar-refractivity contribution in [3.05, 3.63) is 4.91 Å². The van der Waals surface area contributed by atoms with Crippen LogP contribution in [0.15, 0.2) is 0 Å². The van der Waals surface area contributed by atoms with Crippen LogP contribution in [0, 0.1) is 4.91 Å². The summed E-state index contributed by atoms with van der Waals surface area (Å²) in [4.78, 5) is 24.6. The summed E-state index contributed by atoms with van der Waals surface area (Å²) >= 11 is 5.14. The topological polar surface area (TPSA) is 84.4 Å². The number of carbonyl (C=O) groups is 1. The van der Waals surface area contributed by atoms with Crippen LogP contribution in [0.25, 0.3) is 0 Å². The fraction of sp³-hybridized carbons (Fsp3) is 0.750. The number of hydrogen-bond donors (Lipinski definition) is 2. The van der Waals surface area contributed by atoms with Crippen molar-refractivity contribution < 1.29 is 14.7 Å². The molecule has 0 bridgehead atoms. The van der Waals surface area contributed by atoms with Crippen LogP contribution >= 0.6 is 11.6 Å². The zero-order chi connectivity index (χ0) is 8.69. The molecule has 0 aliphatic heterocycles. The smallest absolute Gasteiger partial charge is 0.351 e. The largest absolute Gasteiger partial charge is 0.354 e. The Balaban J connectivity index is 3.14. The second-order valence-corrected chi connectivity index (χ2v) is 1.87. The number of hydrazine groups is 1. The molecule has 0 radical (unpaired) electrons. The molecule has 1 amide bonds. The second-order valence-electron chi connectivity index (χ2n) is 1.60. The highest BCUT2D eigenvalue weighted by atomic mass is 35.5. The van der Waals surface area contributed by atoms with Gasteiger partial charge in [-0.15, -0.1) is 17.4 Å². The van der Waals surface area contributed by atoms with Gasteiger partial charge < -0.3 is 5.32 Å². The Kier molecular flexibility index (Phi) is 5.18. The van der Waals surface area contributed by atoms with Gasteiger partial charge in [0, 0.05) is 0 Å². The first-order chi connectivity index (χ1) is 5.16. The molecule has 0 spiro atoms. The summed E-state index contributed by atoms with van der Waals surface area (Å²) in [6.07, 6.45) is 0. The Morgan fingerprint density at radius 3 is 2.82 bits per heavy atom. The van der Waals surface area contributed by atoms with Gasteiger partial charge in [0.15, 0.2) is 6.61 Å². The summed E-state index contributed by atoms with van der Waals surface area (Å²) in [5.41, 5.74) is 0. The molecule has 7 heteroatoms. The van der Waals surface area contributed by atoms with Gasteiger partial charge >= 0.3 is 5.03 Å². The lowest BCUT2D eigenvalue weighted by Crippen LogP contribution is -2.30. The molecule has 0 saturated carbocycles. The zero-order valence-corrected chi connectivity index (χ0v) is 6.50. The summed E-state index contributed by atoms with van der Waals surface area (Å²) in [6, 6.07) is 0. The number of nitrogens with two attached hydrogens (primary N) is 1. The average Bonchev–Trinajstić information content (AvgIpc) is 1.97. The van der Waals surface area contributed by atoms with Gasteiger partial charge in [-0.05, 0) is 0 Å². The van der Waals surface area contributed by atoms with Crippen LogP contribution in [0.1, 0.15) is 0 Å². The van der Waals surface area contributed by atoms with E-state index in [1.54, 1.807) is 0 Å². The van der Waals surface area contributed by atoms with Crippen LogP contribution in [0.2, 0.25) is 0 Å². The maximum Gasteiger partial charge on any atom is 0.354 e. The Morgan fingerprint density at radius 2 is 2.36 bits per heavy atom. The number of nitrogens with zero attached hydrogens (tertiary/aromatic N) is 1. The van der Waals surface area contributed by atoms with Gasteiger partial charge in [-0.3, -0.25) is 4.79 Å². The second kappa shape index (κ2) is 5.72. The van der Waals surface area contributed by atoms with Crippen molar-refractivity contribution >= 4 is 17.5 Å². The molecule has 0 aromatic heterocycles. The lowest BCUT2D eigenvalue weighted by atomic mass is 10.6. The third-order valence-corrected chi connectivity index (χ3v) is 1.01. The number of carbonyl (C=O) groups excluding carboxylic acids is 1. The minimum Gasteiger partial charge on any atom is -0.351 e. The number of hydrogen-bond acceptors (Lipinski definition) is 3. The van der Waals surface area contributed by atoms with E-state index < -0.39 is 0 Å². The Labute approximate surface area is 68.1 Å². The van der Waals surface area contributed by atoms with Crippen LogP contribution < -0.4 is 11.2 Å². The lowest BCUT2D eigenvalue weighted by Gasteiger charge is -1.97. The van der Waals surface area contributed by atoms with Crippen LogP contribution in [-0.2, 0) is 9.63 Å². The van der Waals surface area contributed by atoms with Gasteiger partial charge in [0.05, 0.1) is 6.54 Å². The molecule has 0 aliphatic carbocycles. The summed E-state index contributed by atoms with van der Waals surface area (Å²) < 4.78 is 0. The predicted octanol–water partition coefficient (Wildman–Crippen LogP) is -1.07. The SMILES string of the molecule is N[N+](=O)OCCNC(=O)CCl. The number of nitrogens with one attached hydrogen (secondary N) is 1. The van der Waals surface area contributed by atoms with Crippen LogP contribution in [0.5, 0.6) is 0 Å². The van der Waals surface area contributed by atoms with Crippen molar-refractivity contribution in [1.29, 1.82) is 0 Å². The fourth-order valence-electron chi connectivity index (χ4n) is 0.373. The first kappa shape index (κ1) is 9.96.